The Morgan fingerprint density at radius 2 is 1.69 bits per heavy atom. The molecule has 2 aromatic carbocycles. The summed E-state index contributed by atoms with van der Waals surface area (Å²) in [5, 5.41) is 0. The summed E-state index contributed by atoms with van der Waals surface area (Å²) >= 11 is 1.24. The van der Waals surface area contributed by atoms with E-state index in [4.69, 9.17) is 14.2 Å². The first-order valence-electron chi connectivity index (χ1n) is 11.3. The number of hydrogen-bond acceptors (Lipinski definition) is 8. The first-order valence-corrected chi connectivity index (χ1v) is 12.2. The van der Waals surface area contributed by atoms with Crippen molar-refractivity contribution in [3.05, 3.63) is 90.6 Å². The molecule has 0 fully saturated rings. The van der Waals surface area contributed by atoms with Crippen LogP contribution < -0.4 is 24.4 Å². The summed E-state index contributed by atoms with van der Waals surface area (Å²) in [5.41, 5.74) is 2.04. The molecule has 0 aliphatic carbocycles. The monoisotopic (exact) mass is 506 g/mol. The van der Waals surface area contributed by atoms with Crippen molar-refractivity contribution in [3.8, 4) is 11.5 Å². The highest BCUT2D eigenvalue weighted by Crippen LogP contribution is 2.31. The van der Waals surface area contributed by atoms with Crippen LogP contribution in [0.25, 0.3) is 6.08 Å². The molecule has 3 aromatic rings. The second kappa shape index (κ2) is 10.3. The molecule has 1 aromatic heterocycles. The van der Waals surface area contributed by atoms with Gasteiger partial charge in [-0.25, -0.2) is 9.79 Å². The molecule has 186 valence electrons. The number of rotatable bonds is 6. The number of ether oxygens (including phenoxy) is 3. The van der Waals surface area contributed by atoms with Gasteiger partial charge in [0.05, 0.1) is 35.1 Å². The fraction of sp³-hybridized carbons (Fsp3) is 0.259. The first-order chi connectivity index (χ1) is 17.2. The minimum absolute atomic E-state index is 0.272. The zero-order chi connectivity index (χ0) is 26.0. The van der Waals surface area contributed by atoms with Gasteiger partial charge in [-0.2, -0.15) is 0 Å². The van der Waals surface area contributed by atoms with Gasteiger partial charge in [0.15, 0.2) is 4.80 Å². The number of allylic oxidation sites excluding steroid dienone is 1. The Balaban J connectivity index is 1.85. The Bertz CT molecular complexity index is 1510. The van der Waals surface area contributed by atoms with Crippen LogP contribution in [0.5, 0.6) is 11.5 Å². The summed E-state index contributed by atoms with van der Waals surface area (Å²) < 4.78 is 17.9. The van der Waals surface area contributed by atoms with E-state index in [9.17, 15) is 14.4 Å². The lowest BCUT2D eigenvalue weighted by atomic mass is 9.96. The third-order valence-electron chi connectivity index (χ3n) is 5.46. The lowest BCUT2D eigenvalue weighted by molar-refractivity contribution is -0.143. The standard InChI is InChI=1S/C27H26N2O6S/c1-15(2)34-26(32)23-16(3)28-27-29(24(23)19-8-12-20(33-5)13-9-19)25(31)22(36-27)14-18-6-10-21(11-7-18)35-17(4)30/h6-15,24H,1-5H3/b22-14-/t24-/m0/s1. The van der Waals surface area contributed by atoms with Gasteiger partial charge in [-0.3, -0.25) is 14.2 Å². The van der Waals surface area contributed by atoms with Crippen LogP contribution in [0.4, 0.5) is 0 Å². The molecule has 0 unspecified atom stereocenters. The summed E-state index contributed by atoms with van der Waals surface area (Å²) in [6.07, 6.45) is 1.42. The summed E-state index contributed by atoms with van der Waals surface area (Å²) in [7, 11) is 1.58. The van der Waals surface area contributed by atoms with Crippen molar-refractivity contribution in [2.75, 3.05) is 7.11 Å². The smallest absolute Gasteiger partial charge is 0.338 e. The van der Waals surface area contributed by atoms with E-state index in [1.807, 2.05) is 12.1 Å². The lowest BCUT2D eigenvalue weighted by Crippen LogP contribution is -2.40. The first kappa shape index (κ1) is 25.1. The topological polar surface area (TPSA) is 96.2 Å². The Morgan fingerprint density at radius 3 is 2.28 bits per heavy atom. The normalized spacial score (nSPS) is 15.4. The SMILES string of the molecule is COc1ccc([C@H]2C(C(=O)OC(C)C)=C(C)N=c3s/c(=C\c4ccc(OC(C)=O)cc4)c(=O)n32)cc1. The molecule has 4 rings (SSSR count). The highest BCUT2D eigenvalue weighted by atomic mass is 32.1. The Hall–Kier alpha value is -3.98. The predicted octanol–water partition coefficient (Wildman–Crippen LogP) is 3.12. The van der Waals surface area contributed by atoms with Crippen molar-refractivity contribution in [1.82, 2.24) is 4.57 Å². The fourth-order valence-corrected chi connectivity index (χ4v) is 4.96. The van der Waals surface area contributed by atoms with E-state index in [1.165, 1.54) is 22.8 Å². The molecule has 1 aliphatic heterocycles. The third kappa shape index (κ3) is 5.16. The van der Waals surface area contributed by atoms with Gasteiger partial charge in [0.25, 0.3) is 5.56 Å². The molecule has 0 radical (unpaired) electrons. The van der Waals surface area contributed by atoms with Crippen molar-refractivity contribution in [1.29, 1.82) is 0 Å². The van der Waals surface area contributed by atoms with Crippen LogP contribution in [0.3, 0.4) is 0 Å². The van der Waals surface area contributed by atoms with Gasteiger partial charge in [0.1, 0.15) is 11.5 Å². The number of benzene rings is 2. The molecule has 8 nitrogen and oxygen atoms in total. The molecule has 0 saturated carbocycles. The summed E-state index contributed by atoms with van der Waals surface area (Å²) in [4.78, 5) is 43.0. The minimum Gasteiger partial charge on any atom is -0.497 e. The number of thiazole rings is 1. The van der Waals surface area contributed by atoms with Crippen LogP contribution in [0.2, 0.25) is 0 Å². The van der Waals surface area contributed by atoms with E-state index in [1.54, 1.807) is 70.4 Å². The average molecular weight is 507 g/mol. The second-order valence-corrected chi connectivity index (χ2v) is 9.48. The Labute approximate surface area is 211 Å². The van der Waals surface area contributed by atoms with Crippen LogP contribution in [0.15, 0.2) is 69.6 Å². The van der Waals surface area contributed by atoms with Crippen molar-refractivity contribution >= 4 is 29.4 Å². The van der Waals surface area contributed by atoms with Crippen molar-refractivity contribution in [2.45, 2.75) is 39.8 Å². The maximum atomic E-state index is 13.6. The number of aromatic nitrogens is 1. The molecule has 0 spiro atoms. The number of methoxy groups -OCH3 is 1. The van der Waals surface area contributed by atoms with E-state index in [-0.39, 0.29) is 11.7 Å². The predicted molar refractivity (Wildman–Crippen MR) is 136 cm³/mol. The zero-order valence-electron chi connectivity index (χ0n) is 20.6. The molecule has 1 aliphatic rings. The van der Waals surface area contributed by atoms with Gasteiger partial charge in [0.2, 0.25) is 0 Å². The number of fused-ring (bicyclic) bond motifs is 1. The van der Waals surface area contributed by atoms with Crippen LogP contribution in [-0.4, -0.2) is 29.7 Å². The quantitative estimate of drug-likeness (QED) is 0.377. The van der Waals surface area contributed by atoms with Gasteiger partial charge in [0, 0.05) is 6.92 Å². The molecule has 0 bridgehead atoms. The van der Waals surface area contributed by atoms with Gasteiger partial charge in [-0.1, -0.05) is 35.6 Å². The Morgan fingerprint density at radius 1 is 1.06 bits per heavy atom. The molecule has 0 saturated heterocycles. The summed E-state index contributed by atoms with van der Waals surface area (Å²) in [6, 6.07) is 13.4. The molecule has 0 amide bonds. The van der Waals surface area contributed by atoms with E-state index in [2.05, 4.69) is 4.99 Å². The number of carbonyl (C=O) groups excluding carboxylic acids is 2. The second-order valence-electron chi connectivity index (χ2n) is 8.47. The van der Waals surface area contributed by atoms with Crippen molar-refractivity contribution in [2.24, 2.45) is 4.99 Å². The molecule has 9 heteroatoms. The van der Waals surface area contributed by atoms with E-state index < -0.39 is 18.0 Å². The van der Waals surface area contributed by atoms with Crippen molar-refractivity contribution < 1.29 is 23.8 Å². The van der Waals surface area contributed by atoms with Gasteiger partial charge in [-0.05, 0) is 62.2 Å². The number of carbonyl (C=O) groups is 2. The van der Waals surface area contributed by atoms with E-state index in [0.29, 0.717) is 32.1 Å². The molecule has 1 atom stereocenters. The summed E-state index contributed by atoms with van der Waals surface area (Å²) in [6.45, 7) is 6.63. The zero-order valence-corrected chi connectivity index (χ0v) is 21.4. The maximum Gasteiger partial charge on any atom is 0.338 e. The van der Waals surface area contributed by atoms with Crippen LogP contribution in [0, 0.1) is 0 Å². The number of hydrogen-bond donors (Lipinski definition) is 0. The van der Waals surface area contributed by atoms with E-state index in [0.717, 1.165) is 11.1 Å². The van der Waals surface area contributed by atoms with Gasteiger partial charge in [-0.15, -0.1) is 0 Å². The average Bonchev–Trinajstić information content (AvgIpc) is 3.13. The molecular formula is C27H26N2O6S. The van der Waals surface area contributed by atoms with E-state index >= 15 is 0 Å². The number of nitrogens with zero attached hydrogens (tertiary/aromatic N) is 2. The molecular weight excluding hydrogens is 480 g/mol. The molecule has 36 heavy (non-hydrogen) atoms. The highest BCUT2D eigenvalue weighted by Gasteiger charge is 2.33. The molecule has 0 N–H and O–H groups in total. The maximum absolute atomic E-state index is 13.6. The largest absolute Gasteiger partial charge is 0.497 e. The number of esters is 2. The lowest BCUT2D eigenvalue weighted by Gasteiger charge is -2.25. The van der Waals surface area contributed by atoms with Crippen LogP contribution in [-0.2, 0) is 14.3 Å². The van der Waals surface area contributed by atoms with Crippen LogP contribution >= 0.6 is 11.3 Å². The van der Waals surface area contributed by atoms with Gasteiger partial charge >= 0.3 is 11.9 Å². The highest BCUT2D eigenvalue weighted by molar-refractivity contribution is 7.07. The van der Waals surface area contributed by atoms with Crippen LogP contribution in [0.1, 0.15) is 44.9 Å². The minimum atomic E-state index is -0.702. The van der Waals surface area contributed by atoms with Gasteiger partial charge < -0.3 is 14.2 Å². The molecule has 2 heterocycles. The van der Waals surface area contributed by atoms with Crippen molar-refractivity contribution in [3.63, 3.8) is 0 Å². The third-order valence-corrected chi connectivity index (χ3v) is 6.44. The fourth-order valence-electron chi connectivity index (χ4n) is 3.91. The Kier molecular flexibility index (Phi) is 7.21. The summed E-state index contributed by atoms with van der Waals surface area (Å²) in [5.74, 6) is 0.166.